The number of aryl methyl sites for hydroxylation is 3. The highest BCUT2D eigenvalue weighted by Crippen LogP contribution is 2.33. The van der Waals surface area contributed by atoms with E-state index in [1.807, 2.05) is 35.2 Å². The van der Waals surface area contributed by atoms with Crippen molar-refractivity contribution in [1.82, 2.24) is 19.4 Å². The summed E-state index contributed by atoms with van der Waals surface area (Å²) in [5.74, 6) is 1.41. The van der Waals surface area contributed by atoms with Gasteiger partial charge >= 0.3 is 0 Å². The predicted octanol–water partition coefficient (Wildman–Crippen LogP) is 5.50. The molecule has 2 amide bonds. The summed E-state index contributed by atoms with van der Waals surface area (Å²) < 4.78 is 2.00. The minimum atomic E-state index is -0.109. The number of benzene rings is 2. The summed E-state index contributed by atoms with van der Waals surface area (Å²) in [5.41, 5.74) is 8.20. The molecule has 2 aliphatic heterocycles. The number of rotatable bonds is 10. The maximum atomic E-state index is 13.6. The minimum Gasteiger partial charge on any atom is -0.369 e. The quantitative estimate of drug-likeness (QED) is 0.170. The van der Waals surface area contributed by atoms with Gasteiger partial charge in [-0.05, 0) is 73.9 Å². The van der Waals surface area contributed by atoms with Crippen LogP contribution in [0.1, 0.15) is 53.0 Å². The first-order valence-corrected chi connectivity index (χ1v) is 16.8. The zero-order chi connectivity index (χ0) is 32.2. The first-order valence-electron chi connectivity index (χ1n) is 16.1. The van der Waals surface area contributed by atoms with Crippen LogP contribution in [0.3, 0.4) is 0 Å². The molecule has 11 heteroatoms. The van der Waals surface area contributed by atoms with Gasteiger partial charge in [0.25, 0.3) is 5.91 Å². The van der Waals surface area contributed by atoms with Crippen molar-refractivity contribution in [1.29, 1.82) is 0 Å². The molecule has 240 valence electrons. The average Bonchev–Trinajstić information content (AvgIpc) is 3.51. The highest BCUT2D eigenvalue weighted by atomic mass is 32.1. The van der Waals surface area contributed by atoms with Gasteiger partial charge in [-0.1, -0.05) is 32.0 Å². The van der Waals surface area contributed by atoms with Crippen LogP contribution in [0, 0.1) is 0 Å². The van der Waals surface area contributed by atoms with Gasteiger partial charge in [-0.15, -0.1) is 0 Å². The monoisotopic (exact) mass is 638 g/mol. The third kappa shape index (κ3) is 6.61. The molecule has 1 saturated heterocycles. The van der Waals surface area contributed by atoms with Crippen LogP contribution in [0.25, 0.3) is 5.82 Å². The summed E-state index contributed by atoms with van der Waals surface area (Å²) in [5, 5.41) is 9.63. The van der Waals surface area contributed by atoms with Gasteiger partial charge in [-0.25, -0.2) is 4.98 Å². The van der Waals surface area contributed by atoms with E-state index < -0.39 is 0 Å². The van der Waals surface area contributed by atoms with Gasteiger partial charge in [0.15, 0.2) is 0 Å². The summed E-state index contributed by atoms with van der Waals surface area (Å²) in [6, 6.07) is 14.1. The molecular weight excluding hydrogens is 597 g/mol. The van der Waals surface area contributed by atoms with Crippen LogP contribution in [0.5, 0.6) is 0 Å². The number of aromatic nitrogens is 3. The van der Waals surface area contributed by atoms with Gasteiger partial charge < -0.3 is 30.3 Å². The van der Waals surface area contributed by atoms with Crippen molar-refractivity contribution < 1.29 is 9.59 Å². The number of nitrogens with zero attached hydrogens (tertiary/aromatic N) is 5. The van der Waals surface area contributed by atoms with E-state index in [0.717, 1.165) is 85.0 Å². The lowest BCUT2D eigenvalue weighted by molar-refractivity contribution is -0.115. The summed E-state index contributed by atoms with van der Waals surface area (Å²) in [7, 11) is 2.13. The lowest BCUT2D eigenvalue weighted by Gasteiger charge is -2.34. The smallest absolute Gasteiger partial charge is 0.257 e. The topological polar surface area (TPSA) is 107 Å². The Morgan fingerprint density at radius 3 is 2.41 bits per heavy atom. The average molecular weight is 639 g/mol. The first kappa shape index (κ1) is 31.6. The fourth-order valence-corrected chi connectivity index (χ4v) is 6.45. The van der Waals surface area contributed by atoms with Crippen molar-refractivity contribution in [3.05, 3.63) is 82.8 Å². The van der Waals surface area contributed by atoms with E-state index in [-0.39, 0.29) is 11.8 Å². The van der Waals surface area contributed by atoms with Crippen molar-refractivity contribution in [2.45, 2.75) is 46.0 Å². The van der Waals surface area contributed by atoms with E-state index in [9.17, 15) is 9.59 Å². The van der Waals surface area contributed by atoms with Gasteiger partial charge in [0, 0.05) is 67.6 Å². The third-order valence-electron chi connectivity index (χ3n) is 8.91. The maximum absolute atomic E-state index is 13.6. The molecule has 0 unspecified atom stereocenters. The number of nitrogens with one attached hydrogen (secondary N) is 3. The molecule has 10 nitrogen and oxygen atoms in total. The van der Waals surface area contributed by atoms with E-state index in [1.165, 1.54) is 0 Å². The zero-order valence-electron chi connectivity index (χ0n) is 26.8. The number of amides is 2. The lowest BCUT2D eigenvalue weighted by atomic mass is 10.0. The van der Waals surface area contributed by atoms with Crippen LogP contribution in [0.4, 0.5) is 28.7 Å². The maximum Gasteiger partial charge on any atom is 0.257 e. The fraction of sp³-hybridized carbons (Fsp3) is 0.371. The van der Waals surface area contributed by atoms with Crippen LogP contribution in [-0.2, 0) is 30.5 Å². The van der Waals surface area contributed by atoms with E-state index in [1.54, 1.807) is 0 Å². The van der Waals surface area contributed by atoms with Crippen molar-refractivity contribution in [3.8, 4) is 5.82 Å². The van der Waals surface area contributed by atoms with Crippen LogP contribution in [-0.4, -0.2) is 70.2 Å². The minimum absolute atomic E-state index is 0.102. The molecule has 2 aromatic heterocycles. The standard InChI is InChI=1S/C35H42N8O2S/c1-4-23-7-6-8-24(5-2)32(23)39-34(45)27-13-15-43-30(27)12-9-25-22-36-35(40-33(25)43)38-28-11-10-26(42-18-16-41(3)17-19-42)21-29(28)37-31(44)14-20-46/h6-8,10-11,13,15,21-22,46H,4-5,9,12,14,16-20H2,1-3H3,(H,37,44)(H,39,45)(H,36,38,40). The largest absolute Gasteiger partial charge is 0.369 e. The number of fused-ring (bicyclic) bond motifs is 3. The Kier molecular flexibility index (Phi) is 9.60. The summed E-state index contributed by atoms with van der Waals surface area (Å²) in [6.45, 7) is 8.03. The molecule has 46 heavy (non-hydrogen) atoms. The van der Waals surface area contributed by atoms with Gasteiger partial charge in [0.1, 0.15) is 5.82 Å². The van der Waals surface area contributed by atoms with Crippen molar-refractivity contribution in [2.24, 2.45) is 0 Å². The van der Waals surface area contributed by atoms with Gasteiger partial charge in [-0.3, -0.25) is 9.59 Å². The predicted molar refractivity (Wildman–Crippen MR) is 188 cm³/mol. The number of hydrogen-bond donors (Lipinski definition) is 4. The SMILES string of the molecule is CCc1cccc(CC)c1NC(=O)c1ccn2c1CCc1cnc(Nc3ccc(N4CCN(C)CC4)cc3NC(=O)CCS)nc1-2. The van der Waals surface area contributed by atoms with Crippen LogP contribution in [0.15, 0.2) is 54.9 Å². The first-order chi connectivity index (χ1) is 22.4. The Bertz CT molecular complexity index is 1720. The number of hydrogen-bond acceptors (Lipinski definition) is 8. The zero-order valence-corrected chi connectivity index (χ0v) is 27.7. The number of thiol groups is 1. The van der Waals surface area contributed by atoms with E-state index in [2.05, 4.69) is 88.5 Å². The van der Waals surface area contributed by atoms with Gasteiger partial charge in [-0.2, -0.15) is 17.6 Å². The van der Waals surface area contributed by atoms with E-state index >= 15 is 0 Å². The number of anilines is 5. The molecule has 0 bridgehead atoms. The highest BCUT2D eigenvalue weighted by Gasteiger charge is 2.25. The normalized spacial score (nSPS) is 14.4. The molecule has 0 aliphatic carbocycles. The lowest BCUT2D eigenvalue weighted by Crippen LogP contribution is -2.44. The summed E-state index contributed by atoms with van der Waals surface area (Å²) in [4.78, 5) is 40.4. The number of piperazine rings is 1. The summed E-state index contributed by atoms with van der Waals surface area (Å²) >= 11 is 4.23. The van der Waals surface area contributed by atoms with Crippen LogP contribution < -0.4 is 20.9 Å². The molecule has 3 N–H and O–H groups in total. The third-order valence-corrected chi connectivity index (χ3v) is 9.13. The number of carbonyl (C=O) groups is 2. The number of carbonyl (C=O) groups excluding carboxylic acids is 2. The molecule has 4 heterocycles. The molecule has 6 rings (SSSR count). The molecule has 0 spiro atoms. The molecule has 2 aromatic carbocycles. The molecule has 0 atom stereocenters. The Morgan fingerprint density at radius 2 is 1.70 bits per heavy atom. The highest BCUT2D eigenvalue weighted by molar-refractivity contribution is 7.80. The fourth-order valence-electron chi connectivity index (χ4n) is 6.25. The second kappa shape index (κ2) is 14.0. The number of para-hydroxylation sites is 1. The molecule has 4 aromatic rings. The van der Waals surface area contributed by atoms with Crippen molar-refractivity contribution >= 4 is 53.1 Å². The van der Waals surface area contributed by atoms with Gasteiger partial charge in [0.05, 0.1) is 16.9 Å². The Labute approximate surface area is 276 Å². The molecule has 1 fully saturated rings. The van der Waals surface area contributed by atoms with E-state index in [4.69, 9.17) is 4.98 Å². The summed E-state index contributed by atoms with van der Waals surface area (Å²) in [6.07, 6.45) is 7.20. The molecular formula is C35H42N8O2S. The van der Waals surface area contributed by atoms with Crippen molar-refractivity contribution in [3.63, 3.8) is 0 Å². The van der Waals surface area contributed by atoms with Gasteiger partial charge in [0.2, 0.25) is 11.9 Å². The second-order valence-electron chi connectivity index (χ2n) is 11.9. The van der Waals surface area contributed by atoms with Crippen molar-refractivity contribution in [2.75, 3.05) is 59.8 Å². The number of likely N-dealkylation sites (N-methyl/N-ethyl adjacent to an activating group) is 1. The Balaban J connectivity index is 1.27. The van der Waals surface area contributed by atoms with E-state index in [0.29, 0.717) is 41.5 Å². The Hall–Kier alpha value is -4.35. The van der Waals surface area contributed by atoms with Crippen LogP contribution in [0.2, 0.25) is 0 Å². The Morgan fingerprint density at radius 1 is 0.935 bits per heavy atom. The molecule has 2 aliphatic rings. The molecule has 0 saturated carbocycles. The molecule has 0 radical (unpaired) electrons. The van der Waals surface area contributed by atoms with Crippen LogP contribution >= 0.6 is 12.6 Å². The second-order valence-corrected chi connectivity index (χ2v) is 12.3.